The molecule has 5 heteroatoms. The summed E-state index contributed by atoms with van der Waals surface area (Å²) >= 11 is 0. The molecular weight excluding hydrogens is 281 g/mol. The Morgan fingerprint density at radius 1 is 1.32 bits per heavy atom. The molecule has 1 atom stereocenters. The van der Waals surface area contributed by atoms with Crippen LogP contribution in [0.1, 0.15) is 29.7 Å². The highest BCUT2D eigenvalue weighted by molar-refractivity contribution is 5.25. The third-order valence-corrected chi connectivity index (χ3v) is 4.04. The lowest BCUT2D eigenvalue weighted by atomic mass is 9.97. The maximum atomic E-state index is 13.0. The first-order valence-corrected chi connectivity index (χ1v) is 7.72. The van der Waals surface area contributed by atoms with Crippen LogP contribution < -0.4 is 0 Å². The topological polar surface area (TPSA) is 30.3 Å². The zero-order valence-corrected chi connectivity index (χ0v) is 13.1. The molecule has 0 fully saturated rings. The molecule has 118 valence electrons. The second-order valence-corrected chi connectivity index (χ2v) is 5.87. The summed E-state index contributed by atoms with van der Waals surface area (Å²) in [4.78, 5) is 2.38. The highest BCUT2D eigenvalue weighted by atomic mass is 19.1. The average Bonchev–Trinajstić information content (AvgIpc) is 2.87. The number of hydrogen-bond donors (Lipinski definition) is 0. The van der Waals surface area contributed by atoms with Gasteiger partial charge in [-0.15, -0.1) is 0 Å². The highest BCUT2D eigenvalue weighted by Crippen LogP contribution is 2.28. The number of benzene rings is 1. The summed E-state index contributed by atoms with van der Waals surface area (Å²) < 4.78 is 20.5. The van der Waals surface area contributed by atoms with Crippen molar-refractivity contribution < 1.29 is 9.13 Å². The van der Waals surface area contributed by atoms with Crippen molar-refractivity contribution in [2.75, 3.05) is 19.8 Å². The van der Waals surface area contributed by atoms with Crippen LogP contribution in [0.4, 0.5) is 4.39 Å². The number of aromatic nitrogens is 2. The second-order valence-electron chi connectivity index (χ2n) is 5.87. The van der Waals surface area contributed by atoms with E-state index in [1.54, 1.807) is 0 Å². The smallest absolute Gasteiger partial charge is 0.123 e. The number of hydrogen-bond acceptors (Lipinski definition) is 3. The average molecular weight is 303 g/mol. The Bertz CT molecular complexity index is 623. The molecule has 4 nitrogen and oxygen atoms in total. The van der Waals surface area contributed by atoms with Gasteiger partial charge in [0.2, 0.25) is 0 Å². The van der Waals surface area contributed by atoms with Gasteiger partial charge in [-0.1, -0.05) is 12.1 Å². The molecule has 0 saturated carbocycles. The molecule has 0 amide bonds. The Kier molecular flexibility index (Phi) is 4.55. The molecule has 1 aromatic heterocycles. The largest absolute Gasteiger partial charge is 0.381 e. The van der Waals surface area contributed by atoms with Crippen molar-refractivity contribution in [1.29, 1.82) is 0 Å². The third kappa shape index (κ3) is 3.36. The summed E-state index contributed by atoms with van der Waals surface area (Å²) in [6.07, 6.45) is 2.09. The first-order chi connectivity index (χ1) is 10.7. The fraction of sp³-hybridized carbons (Fsp3) is 0.471. The molecule has 0 saturated heterocycles. The van der Waals surface area contributed by atoms with E-state index in [0.717, 1.165) is 37.5 Å². The van der Waals surface area contributed by atoms with Gasteiger partial charge in [-0.3, -0.25) is 9.58 Å². The van der Waals surface area contributed by atoms with Gasteiger partial charge in [0.15, 0.2) is 0 Å². The Morgan fingerprint density at radius 3 is 2.82 bits per heavy atom. The van der Waals surface area contributed by atoms with Gasteiger partial charge in [0.1, 0.15) is 5.82 Å². The van der Waals surface area contributed by atoms with E-state index in [4.69, 9.17) is 4.74 Å². The van der Waals surface area contributed by atoms with E-state index in [1.807, 2.05) is 30.8 Å². The van der Waals surface area contributed by atoms with Crippen LogP contribution in [-0.2, 0) is 24.9 Å². The number of fused-ring (bicyclic) bond motifs is 1. The molecule has 0 aliphatic carbocycles. The number of nitrogens with zero attached hydrogens (tertiary/aromatic N) is 3. The van der Waals surface area contributed by atoms with Gasteiger partial charge in [-0.2, -0.15) is 5.10 Å². The summed E-state index contributed by atoms with van der Waals surface area (Å²) in [6, 6.07) is 6.75. The Morgan fingerprint density at radius 2 is 2.09 bits per heavy atom. The van der Waals surface area contributed by atoms with Crippen LogP contribution in [0.25, 0.3) is 0 Å². The van der Waals surface area contributed by atoms with E-state index in [-0.39, 0.29) is 5.82 Å². The van der Waals surface area contributed by atoms with E-state index in [0.29, 0.717) is 12.5 Å². The van der Waals surface area contributed by atoms with Crippen LogP contribution in [0.3, 0.4) is 0 Å². The molecule has 1 aromatic carbocycles. The van der Waals surface area contributed by atoms with Crippen LogP contribution in [0.5, 0.6) is 0 Å². The van der Waals surface area contributed by atoms with Gasteiger partial charge in [0, 0.05) is 51.0 Å². The van der Waals surface area contributed by atoms with Gasteiger partial charge in [0.25, 0.3) is 0 Å². The fourth-order valence-corrected chi connectivity index (χ4v) is 3.08. The molecule has 0 N–H and O–H groups in total. The lowest BCUT2D eigenvalue weighted by molar-refractivity contribution is 0.104. The van der Waals surface area contributed by atoms with E-state index in [9.17, 15) is 4.39 Å². The van der Waals surface area contributed by atoms with Crippen molar-refractivity contribution in [3.05, 3.63) is 53.1 Å². The third-order valence-electron chi connectivity index (χ3n) is 4.04. The van der Waals surface area contributed by atoms with Crippen molar-refractivity contribution >= 4 is 0 Å². The quantitative estimate of drug-likeness (QED) is 0.851. The van der Waals surface area contributed by atoms with Crippen molar-refractivity contribution in [2.24, 2.45) is 7.05 Å². The molecule has 0 radical (unpaired) electrons. The predicted octanol–water partition coefficient (Wildman–Crippen LogP) is 2.70. The Hall–Kier alpha value is -1.72. The normalized spacial score (nSPS) is 18.4. The summed E-state index contributed by atoms with van der Waals surface area (Å²) in [5.74, 6) is 0.108. The second kappa shape index (κ2) is 6.58. The zero-order chi connectivity index (χ0) is 15.5. The van der Waals surface area contributed by atoms with Crippen molar-refractivity contribution in [1.82, 2.24) is 14.7 Å². The summed E-state index contributed by atoms with van der Waals surface area (Å²) in [5, 5.41) is 4.60. The standard InChI is InChI=1S/C17H22FN3O/c1-3-22-12-15-11-21(8-13-4-6-16(18)7-5-13)10-14-9-20(2)19-17(14)15/h4-7,9,15H,3,8,10-12H2,1-2H3/t15-/m0/s1. The SMILES string of the molecule is CCOC[C@@H]1CN(Cc2ccc(F)cc2)Cc2cn(C)nc21. The van der Waals surface area contributed by atoms with Gasteiger partial charge in [-0.25, -0.2) is 4.39 Å². The van der Waals surface area contributed by atoms with Crippen molar-refractivity contribution in [3.63, 3.8) is 0 Å². The van der Waals surface area contributed by atoms with Gasteiger partial charge in [-0.05, 0) is 24.6 Å². The molecule has 0 spiro atoms. The van der Waals surface area contributed by atoms with E-state index < -0.39 is 0 Å². The number of aryl methyl sites for hydroxylation is 1. The molecule has 1 aliphatic rings. The lowest BCUT2D eigenvalue weighted by Gasteiger charge is -2.31. The molecular formula is C17H22FN3O. The molecule has 0 unspecified atom stereocenters. The number of halogens is 1. The highest BCUT2D eigenvalue weighted by Gasteiger charge is 2.28. The Balaban J connectivity index is 1.75. The van der Waals surface area contributed by atoms with E-state index in [1.165, 1.54) is 17.7 Å². The molecule has 0 bridgehead atoms. The lowest BCUT2D eigenvalue weighted by Crippen LogP contribution is -2.34. The first-order valence-electron chi connectivity index (χ1n) is 7.72. The van der Waals surface area contributed by atoms with Crippen LogP contribution >= 0.6 is 0 Å². The number of ether oxygens (including phenoxy) is 1. The van der Waals surface area contributed by atoms with Crippen molar-refractivity contribution in [3.8, 4) is 0 Å². The maximum absolute atomic E-state index is 13.0. The predicted molar refractivity (Wildman–Crippen MR) is 83.0 cm³/mol. The minimum atomic E-state index is -0.189. The minimum Gasteiger partial charge on any atom is -0.381 e. The zero-order valence-electron chi connectivity index (χ0n) is 13.1. The molecule has 3 rings (SSSR count). The van der Waals surface area contributed by atoms with E-state index >= 15 is 0 Å². The molecule has 22 heavy (non-hydrogen) atoms. The summed E-state index contributed by atoms with van der Waals surface area (Å²) in [7, 11) is 1.96. The molecule has 2 aromatic rings. The van der Waals surface area contributed by atoms with Crippen LogP contribution in [-0.4, -0.2) is 34.4 Å². The molecule has 1 aliphatic heterocycles. The van der Waals surface area contributed by atoms with Crippen LogP contribution in [0.15, 0.2) is 30.5 Å². The van der Waals surface area contributed by atoms with Crippen molar-refractivity contribution in [2.45, 2.75) is 25.9 Å². The fourth-order valence-electron chi connectivity index (χ4n) is 3.08. The first kappa shape index (κ1) is 15.2. The molecule has 2 heterocycles. The number of rotatable bonds is 5. The van der Waals surface area contributed by atoms with Gasteiger partial charge < -0.3 is 4.74 Å². The summed E-state index contributed by atoms with van der Waals surface area (Å²) in [6.45, 7) is 6.04. The monoisotopic (exact) mass is 303 g/mol. The minimum absolute atomic E-state index is 0.189. The summed E-state index contributed by atoms with van der Waals surface area (Å²) in [5.41, 5.74) is 3.55. The van der Waals surface area contributed by atoms with E-state index in [2.05, 4.69) is 16.2 Å². The Labute approximate surface area is 130 Å². The van der Waals surface area contributed by atoms with Gasteiger partial charge in [0.05, 0.1) is 12.3 Å². The van der Waals surface area contributed by atoms with Gasteiger partial charge >= 0.3 is 0 Å². The maximum Gasteiger partial charge on any atom is 0.123 e. The van der Waals surface area contributed by atoms with Crippen LogP contribution in [0, 0.1) is 5.82 Å². The van der Waals surface area contributed by atoms with Crippen LogP contribution in [0.2, 0.25) is 0 Å².